The van der Waals surface area contributed by atoms with Gasteiger partial charge in [0.15, 0.2) is 0 Å². The normalized spacial score (nSPS) is 27.7. The van der Waals surface area contributed by atoms with Gasteiger partial charge in [0, 0.05) is 5.02 Å². The Labute approximate surface area is 235 Å². The average molecular weight is 569 g/mol. The molecule has 4 aliphatic rings. The van der Waals surface area contributed by atoms with Gasteiger partial charge in [0.05, 0.1) is 11.8 Å². The standard InChI is InChI=1S/C30H24Cl3NO4/c1-16(2)25(28(37)38-15-17-11-13-18(31)14-12-17)34-26(35)23-24(27(34)36)30(33)20-8-4-3-7-19(20)29(23,32)21-9-5-6-10-22(21)30/h3-14,16,23-25H,15H2,1-2H3/t23-,24+,25-,29?,30?/m0/s1. The molecule has 2 bridgehead atoms. The predicted octanol–water partition coefficient (Wildman–Crippen LogP) is 6.00. The molecule has 1 aliphatic heterocycles. The molecule has 3 atom stereocenters. The molecule has 7 rings (SSSR count). The minimum atomic E-state index is -1.30. The molecule has 2 amide bonds. The summed E-state index contributed by atoms with van der Waals surface area (Å²) in [6.45, 7) is 3.54. The van der Waals surface area contributed by atoms with Crippen LogP contribution >= 0.6 is 34.8 Å². The number of amides is 2. The monoisotopic (exact) mass is 567 g/mol. The zero-order chi connectivity index (χ0) is 27.0. The molecule has 1 fully saturated rings. The fraction of sp³-hybridized carbons (Fsp3) is 0.300. The summed E-state index contributed by atoms with van der Waals surface area (Å²) in [4.78, 5) is 40.3. The second-order valence-electron chi connectivity index (χ2n) is 10.4. The number of hydrogen-bond acceptors (Lipinski definition) is 4. The molecule has 38 heavy (non-hydrogen) atoms. The SMILES string of the molecule is CC(C)[C@@H](C(=O)OCc1ccc(Cl)cc1)N1C(=O)[C@@H]2[C@H](C1=O)C1(Cl)c3ccccc3C2(Cl)c2ccccc21. The largest absolute Gasteiger partial charge is 0.459 e. The summed E-state index contributed by atoms with van der Waals surface area (Å²) in [6.07, 6.45) is 0. The van der Waals surface area contributed by atoms with Crippen LogP contribution in [0.5, 0.6) is 0 Å². The van der Waals surface area contributed by atoms with Crippen molar-refractivity contribution < 1.29 is 19.1 Å². The number of carbonyl (C=O) groups excluding carboxylic acids is 3. The molecule has 0 spiro atoms. The summed E-state index contributed by atoms with van der Waals surface area (Å²) in [5, 5.41) is 0.567. The van der Waals surface area contributed by atoms with E-state index in [0.29, 0.717) is 27.3 Å². The van der Waals surface area contributed by atoms with Gasteiger partial charge in [0.2, 0.25) is 11.8 Å². The Kier molecular flexibility index (Phi) is 5.91. The molecule has 5 nitrogen and oxygen atoms in total. The van der Waals surface area contributed by atoms with E-state index < -0.39 is 51.3 Å². The lowest BCUT2D eigenvalue weighted by Crippen LogP contribution is -2.57. The van der Waals surface area contributed by atoms with E-state index in [1.807, 2.05) is 48.5 Å². The molecule has 194 valence electrons. The second kappa shape index (κ2) is 8.84. The van der Waals surface area contributed by atoms with Crippen LogP contribution in [-0.2, 0) is 35.5 Å². The maximum Gasteiger partial charge on any atom is 0.329 e. The number of carbonyl (C=O) groups is 3. The van der Waals surface area contributed by atoms with Crippen molar-refractivity contribution in [2.45, 2.75) is 36.2 Å². The number of halogens is 3. The van der Waals surface area contributed by atoms with Gasteiger partial charge < -0.3 is 4.74 Å². The highest BCUT2D eigenvalue weighted by Gasteiger charge is 2.74. The number of hydrogen-bond donors (Lipinski definition) is 0. The molecular weight excluding hydrogens is 545 g/mol. The van der Waals surface area contributed by atoms with E-state index in [-0.39, 0.29) is 6.61 Å². The minimum absolute atomic E-state index is 0.0158. The second-order valence-corrected chi connectivity index (χ2v) is 12.1. The Morgan fingerprint density at radius 2 is 1.24 bits per heavy atom. The van der Waals surface area contributed by atoms with E-state index in [9.17, 15) is 14.4 Å². The summed E-state index contributed by atoms with van der Waals surface area (Å²) in [6, 6.07) is 20.7. The highest BCUT2D eigenvalue weighted by atomic mass is 35.5. The Balaban J connectivity index is 1.42. The van der Waals surface area contributed by atoms with Gasteiger partial charge in [0.25, 0.3) is 0 Å². The highest BCUT2D eigenvalue weighted by molar-refractivity contribution is 6.36. The maximum absolute atomic E-state index is 14.2. The average Bonchev–Trinajstić information content (AvgIpc) is 3.18. The van der Waals surface area contributed by atoms with Crippen LogP contribution in [-0.4, -0.2) is 28.7 Å². The van der Waals surface area contributed by atoms with Gasteiger partial charge in [-0.3, -0.25) is 14.5 Å². The van der Waals surface area contributed by atoms with Crippen molar-refractivity contribution in [3.63, 3.8) is 0 Å². The van der Waals surface area contributed by atoms with Gasteiger partial charge in [0.1, 0.15) is 22.4 Å². The number of imide groups is 1. The predicted molar refractivity (Wildman–Crippen MR) is 145 cm³/mol. The summed E-state index contributed by atoms with van der Waals surface area (Å²) in [5.41, 5.74) is 3.59. The summed E-state index contributed by atoms with van der Waals surface area (Å²) >= 11 is 20.9. The third-order valence-corrected chi connectivity index (χ3v) is 9.60. The smallest absolute Gasteiger partial charge is 0.329 e. The number of rotatable bonds is 5. The van der Waals surface area contributed by atoms with Gasteiger partial charge in [-0.25, -0.2) is 4.79 Å². The summed E-state index contributed by atoms with van der Waals surface area (Å²) < 4.78 is 5.60. The summed E-state index contributed by atoms with van der Waals surface area (Å²) in [5.74, 6) is -4.02. The lowest BCUT2D eigenvalue weighted by atomic mass is 9.54. The summed E-state index contributed by atoms with van der Waals surface area (Å²) in [7, 11) is 0. The molecule has 3 aliphatic carbocycles. The van der Waals surface area contributed by atoms with E-state index in [2.05, 4.69) is 0 Å². The number of ether oxygens (including phenoxy) is 1. The van der Waals surface area contributed by atoms with E-state index in [0.717, 1.165) is 10.5 Å². The molecule has 3 aromatic carbocycles. The molecule has 0 aromatic heterocycles. The number of likely N-dealkylation sites (tertiary alicyclic amines) is 1. The third-order valence-electron chi connectivity index (χ3n) is 8.06. The van der Waals surface area contributed by atoms with Crippen molar-refractivity contribution in [3.8, 4) is 0 Å². The van der Waals surface area contributed by atoms with Crippen LogP contribution in [0, 0.1) is 17.8 Å². The van der Waals surface area contributed by atoms with Crippen molar-refractivity contribution >= 4 is 52.6 Å². The van der Waals surface area contributed by atoms with Crippen LogP contribution in [0.4, 0.5) is 0 Å². The molecule has 1 heterocycles. The van der Waals surface area contributed by atoms with Crippen molar-refractivity contribution in [1.29, 1.82) is 0 Å². The quantitative estimate of drug-likeness (QED) is 0.215. The highest BCUT2D eigenvalue weighted by Crippen LogP contribution is 2.69. The number of alkyl halides is 2. The molecule has 0 N–H and O–H groups in total. The van der Waals surface area contributed by atoms with Crippen LogP contribution in [0.3, 0.4) is 0 Å². The molecule has 8 heteroatoms. The number of nitrogens with zero attached hydrogens (tertiary/aromatic N) is 1. The zero-order valence-electron chi connectivity index (χ0n) is 20.7. The van der Waals surface area contributed by atoms with E-state index in [4.69, 9.17) is 39.5 Å². The Morgan fingerprint density at radius 3 is 1.63 bits per heavy atom. The zero-order valence-corrected chi connectivity index (χ0v) is 22.9. The van der Waals surface area contributed by atoms with Gasteiger partial charge >= 0.3 is 5.97 Å². The first-order chi connectivity index (χ1) is 18.1. The van der Waals surface area contributed by atoms with Gasteiger partial charge in [-0.1, -0.05) is 86.1 Å². The molecule has 0 radical (unpaired) electrons. The van der Waals surface area contributed by atoms with E-state index in [1.54, 1.807) is 38.1 Å². The fourth-order valence-corrected chi connectivity index (χ4v) is 7.68. The first kappa shape index (κ1) is 25.4. The fourth-order valence-electron chi connectivity index (χ4n) is 6.46. The minimum Gasteiger partial charge on any atom is -0.459 e. The van der Waals surface area contributed by atoms with Crippen molar-refractivity contribution in [2.24, 2.45) is 17.8 Å². The van der Waals surface area contributed by atoms with Crippen LogP contribution in [0.15, 0.2) is 72.8 Å². The van der Waals surface area contributed by atoms with E-state index in [1.165, 1.54) is 0 Å². The van der Waals surface area contributed by atoms with Crippen LogP contribution in [0.25, 0.3) is 0 Å². The van der Waals surface area contributed by atoms with Crippen LogP contribution < -0.4 is 0 Å². The number of benzene rings is 3. The lowest BCUT2D eigenvalue weighted by molar-refractivity contribution is -0.162. The van der Waals surface area contributed by atoms with Crippen molar-refractivity contribution in [2.75, 3.05) is 0 Å². The number of esters is 1. The molecule has 3 aromatic rings. The van der Waals surface area contributed by atoms with E-state index >= 15 is 0 Å². The Hall–Kier alpha value is -2.86. The first-order valence-electron chi connectivity index (χ1n) is 12.5. The van der Waals surface area contributed by atoms with Crippen LogP contribution in [0.2, 0.25) is 5.02 Å². The topological polar surface area (TPSA) is 63.7 Å². The van der Waals surface area contributed by atoms with Gasteiger partial charge in [-0.15, -0.1) is 23.2 Å². The van der Waals surface area contributed by atoms with Crippen LogP contribution in [0.1, 0.15) is 41.7 Å². The van der Waals surface area contributed by atoms with Gasteiger partial charge in [-0.2, -0.15) is 0 Å². The van der Waals surface area contributed by atoms with Crippen molar-refractivity contribution in [1.82, 2.24) is 4.90 Å². The molecule has 0 saturated carbocycles. The molecule has 1 saturated heterocycles. The maximum atomic E-state index is 14.2. The molecule has 0 unspecified atom stereocenters. The Morgan fingerprint density at radius 1 is 0.816 bits per heavy atom. The van der Waals surface area contributed by atoms with Crippen molar-refractivity contribution in [3.05, 3.63) is 106 Å². The Bertz CT molecular complexity index is 1360. The lowest BCUT2D eigenvalue weighted by Gasteiger charge is -2.54. The van der Waals surface area contributed by atoms with Gasteiger partial charge in [-0.05, 0) is 45.9 Å². The molecular formula is C30H24Cl3NO4. The first-order valence-corrected chi connectivity index (χ1v) is 13.6. The third kappa shape index (κ3) is 3.28.